The van der Waals surface area contributed by atoms with Crippen molar-refractivity contribution in [1.29, 1.82) is 0 Å². The summed E-state index contributed by atoms with van der Waals surface area (Å²) in [5, 5.41) is 0. The molecule has 0 amide bonds. The molecule has 1 aromatic heterocycles. The van der Waals surface area contributed by atoms with E-state index in [9.17, 15) is 8.42 Å². The molecule has 0 atom stereocenters. The number of aromatic nitrogens is 2. The largest absolute Gasteiger partial charge is 0.454 e. The summed E-state index contributed by atoms with van der Waals surface area (Å²) in [7, 11) is -3.54. The van der Waals surface area contributed by atoms with Gasteiger partial charge in [0.05, 0.1) is 28.3 Å². The zero-order chi connectivity index (χ0) is 17.0. The lowest BCUT2D eigenvalue weighted by Gasteiger charge is -2.38. The molecule has 3 heterocycles. The van der Waals surface area contributed by atoms with Crippen molar-refractivity contribution in [2.75, 3.05) is 19.9 Å². The Morgan fingerprint density at radius 1 is 1.04 bits per heavy atom. The van der Waals surface area contributed by atoms with Gasteiger partial charge in [-0.2, -0.15) is 4.31 Å². The Morgan fingerprint density at radius 2 is 1.84 bits per heavy atom. The Bertz CT molecular complexity index is 1070. The summed E-state index contributed by atoms with van der Waals surface area (Å²) in [6.45, 7) is 0.979. The lowest BCUT2D eigenvalue weighted by atomic mass is 10.1. The highest BCUT2D eigenvalue weighted by molar-refractivity contribution is 7.89. The minimum Gasteiger partial charge on any atom is -0.454 e. The molecule has 2 aliphatic rings. The van der Waals surface area contributed by atoms with Crippen LogP contribution in [-0.4, -0.2) is 42.2 Å². The molecule has 0 spiro atoms. The first-order chi connectivity index (χ1) is 12.1. The van der Waals surface area contributed by atoms with Gasteiger partial charge in [-0.25, -0.2) is 13.4 Å². The number of sulfonamides is 1. The fourth-order valence-corrected chi connectivity index (χ4v) is 4.78. The van der Waals surface area contributed by atoms with Crippen LogP contribution in [0.2, 0.25) is 0 Å². The molecular weight excluding hydrogens is 342 g/mol. The van der Waals surface area contributed by atoms with Gasteiger partial charge < -0.3 is 14.0 Å². The van der Waals surface area contributed by atoms with Crippen molar-refractivity contribution in [2.45, 2.75) is 10.9 Å². The fourth-order valence-electron chi connectivity index (χ4n) is 3.24. The van der Waals surface area contributed by atoms with Crippen molar-refractivity contribution in [3.05, 3.63) is 48.8 Å². The maximum atomic E-state index is 12.8. The van der Waals surface area contributed by atoms with Gasteiger partial charge in [-0.1, -0.05) is 12.1 Å². The first-order valence-electron chi connectivity index (χ1n) is 7.94. The van der Waals surface area contributed by atoms with Crippen LogP contribution in [0.5, 0.6) is 11.5 Å². The van der Waals surface area contributed by atoms with Crippen LogP contribution in [0.1, 0.15) is 6.04 Å². The molecule has 25 heavy (non-hydrogen) atoms. The summed E-state index contributed by atoms with van der Waals surface area (Å²) in [5.74, 6) is 1.05. The predicted octanol–water partition coefficient (Wildman–Crippen LogP) is 2.01. The average molecular weight is 357 g/mol. The Balaban J connectivity index is 1.39. The summed E-state index contributed by atoms with van der Waals surface area (Å²) < 4.78 is 39.6. The number of benzene rings is 2. The van der Waals surface area contributed by atoms with E-state index in [1.54, 1.807) is 18.5 Å². The van der Waals surface area contributed by atoms with Crippen LogP contribution in [0.15, 0.2) is 53.7 Å². The highest BCUT2D eigenvalue weighted by Gasteiger charge is 2.38. The maximum Gasteiger partial charge on any atom is 0.243 e. The van der Waals surface area contributed by atoms with Crippen LogP contribution in [0.4, 0.5) is 0 Å². The van der Waals surface area contributed by atoms with Gasteiger partial charge in [-0.05, 0) is 24.3 Å². The smallest absolute Gasteiger partial charge is 0.243 e. The number of ether oxygens (including phenoxy) is 2. The molecule has 0 bridgehead atoms. The number of imidazole rings is 1. The molecule has 2 aliphatic heterocycles. The molecule has 3 aromatic rings. The molecule has 2 aromatic carbocycles. The summed E-state index contributed by atoms with van der Waals surface area (Å²) in [4.78, 5) is 4.60. The van der Waals surface area contributed by atoms with Gasteiger partial charge in [-0.3, -0.25) is 0 Å². The molecule has 0 unspecified atom stereocenters. The Labute approximate surface area is 144 Å². The first kappa shape index (κ1) is 14.7. The third-order valence-electron chi connectivity index (χ3n) is 4.69. The van der Waals surface area contributed by atoms with Gasteiger partial charge in [0.1, 0.15) is 0 Å². The van der Waals surface area contributed by atoms with Gasteiger partial charge in [-0.15, -0.1) is 0 Å². The number of fused-ring (bicyclic) bond motifs is 2. The van der Waals surface area contributed by atoms with Crippen LogP contribution in [0, 0.1) is 0 Å². The Kier molecular flexibility index (Phi) is 3.07. The van der Waals surface area contributed by atoms with Gasteiger partial charge in [0, 0.05) is 19.2 Å². The van der Waals surface area contributed by atoms with Crippen LogP contribution >= 0.6 is 0 Å². The molecule has 0 aliphatic carbocycles. The second-order valence-electron chi connectivity index (χ2n) is 6.13. The normalized spacial score (nSPS) is 17.8. The minimum atomic E-state index is -3.54. The molecule has 5 rings (SSSR count). The van der Waals surface area contributed by atoms with Crippen molar-refractivity contribution in [3.8, 4) is 11.5 Å². The van der Waals surface area contributed by atoms with E-state index in [0.717, 1.165) is 11.0 Å². The molecule has 0 N–H and O–H groups in total. The van der Waals surface area contributed by atoms with Crippen molar-refractivity contribution >= 4 is 21.1 Å². The zero-order valence-electron chi connectivity index (χ0n) is 13.2. The molecule has 1 saturated heterocycles. The van der Waals surface area contributed by atoms with Crippen LogP contribution in [-0.2, 0) is 10.0 Å². The molecule has 128 valence electrons. The standard InChI is InChI=1S/C17H15N3O4S/c21-25(22,13-5-6-16-17(7-13)24-11-23-16)19-8-12(9-19)20-10-18-14-3-1-2-4-15(14)20/h1-7,10,12H,8-9,11H2. The van der Waals surface area contributed by atoms with Crippen molar-refractivity contribution < 1.29 is 17.9 Å². The van der Waals surface area contributed by atoms with Gasteiger partial charge >= 0.3 is 0 Å². The van der Waals surface area contributed by atoms with E-state index in [2.05, 4.69) is 4.98 Å². The van der Waals surface area contributed by atoms with Crippen LogP contribution in [0.25, 0.3) is 11.0 Å². The number of nitrogens with zero attached hydrogens (tertiary/aromatic N) is 3. The lowest BCUT2D eigenvalue weighted by Crippen LogP contribution is -2.50. The van der Waals surface area contributed by atoms with E-state index < -0.39 is 10.0 Å². The Morgan fingerprint density at radius 3 is 2.72 bits per heavy atom. The highest BCUT2D eigenvalue weighted by Crippen LogP contribution is 2.36. The van der Waals surface area contributed by atoms with E-state index in [1.807, 2.05) is 28.8 Å². The minimum absolute atomic E-state index is 0.0937. The molecule has 0 saturated carbocycles. The molecule has 1 fully saturated rings. The first-order valence-corrected chi connectivity index (χ1v) is 9.38. The second-order valence-corrected chi connectivity index (χ2v) is 8.07. The van der Waals surface area contributed by atoms with Crippen molar-refractivity contribution in [1.82, 2.24) is 13.9 Å². The van der Waals surface area contributed by atoms with Crippen LogP contribution < -0.4 is 9.47 Å². The number of rotatable bonds is 3. The van der Waals surface area contributed by atoms with Crippen molar-refractivity contribution in [2.24, 2.45) is 0 Å². The summed E-state index contributed by atoms with van der Waals surface area (Å²) in [6.07, 6.45) is 1.78. The monoisotopic (exact) mass is 357 g/mol. The SMILES string of the molecule is O=S(=O)(c1ccc2c(c1)OCO2)N1CC(n2cnc3ccccc32)C1. The second kappa shape index (κ2) is 5.21. The zero-order valence-corrected chi connectivity index (χ0v) is 14.0. The van der Waals surface area contributed by atoms with E-state index in [-0.39, 0.29) is 17.7 Å². The lowest BCUT2D eigenvalue weighted by molar-refractivity contribution is 0.174. The van der Waals surface area contributed by atoms with Gasteiger partial charge in [0.15, 0.2) is 11.5 Å². The summed E-state index contributed by atoms with van der Waals surface area (Å²) >= 11 is 0. The highest BCUT2D eigenvalue weighted by atomic mass is 32.2. The number of para-hydroxylation sites is 2. The molecule has 7 nitrogen and oxygen atoms in total. The van der Waals surface area contributed by atoms with Crippen molar-refractivity contribution in [3.63, 3.8) is 0 Å². The van der Waals surface area contributed by atoms with Gasteiger partial charge in [0.25, 0.3) is 0 Å². The van der Waals surface area contributed by atoms with E-state index in [1.165, 1.54) is 10.4 Å². The predicted molar refractivity (Wildman–Crippen MR) is 90.1 cm³/mol. The average Bonchev–Trinajstić information content (AvgIpc) is 3.19. The quantitative estimate of drug-likeness (QED) is 0.717. The van der Waals surface area contributed by atoms with E-state index in [0.29, 0.717) is 24.6 Å². The van der Waals surface area contributed by atoms with E-state index in [4.69, 9.17) is 9.47 Å². The van der Waals surface area contributed by atoms with Gasteiger partial charge in [0.2, 0.25) is 16.8 Å². The third-order valence-corrected chi connectivity index (χ3v) is 6.51. The molecular formula is C17H15N3O4S. The molecule has 8 heteroatoms. The third kappa shape index (κ3) is 2.21. The number of hydrogen-bond donors (Lipinski definition) is 0. The topological polar surface area (TPSA) is 73.7 Å². The van der Waals surface area contributed by atoms with Crippen LogP contribution in [0.3, 0.4) is 0 Å². The summed E-state index contributed by atoms with van der Waals surface area (Å²) in [5.41, 5.74) is 1.94. The fraction of sp³-hybridized carbons (Fsp3) is 0.235. The Hall–Kier alpha value is -2.58. The number of hydrogen-bond acceptors (Lipinski definition) is 5. The summed E-state index contributed by atoms with van der Waals surface area (Å²) in [6, 6.07) is 12.7. The maximum absolute atomic E-state index is 12.8. The van der Waals surface area contributed by atoms with E-state index >= 15 is 0 Å². The molecule has 0 radical (unpaired) electrons.